The van der Waals surface area contributed by atoms with Crippen LogP contribution in [0.4, 0.5) is 0 Å². The molecule has 0 atom stereocenters. The quantitative estimate of drug-likeness (QED) is 0.639. The molecule has 0 saturated carbocycles. The minimum atomic E-state index is -0.243. The molecule has 1 amide bonds. The number of carbonyl (C=O) groups is 1. The highest BCUT2D eigenvalue weighted by atomic mass is 16.5. The fraction of sp³-hybridized carbons (Fsp3) is 0.250. The number of nitrogens with one attached hydrogen (secondary N) is 1. The molecule has 0 saturated heterocycles. The second-order valence-electron chi connectivity index (χ2n) is 5.85. The van der Waals surface area contributed by atoms with E-state index in [1.165, 1.54) is 14.2 Å². The summed E-state index contributed by atoms with van der Waals surface area (Å²) in [7, 11) is 4.68. The number of hydrogen-bond donors (Lipinski definition) is 1. The summed E-state index contributed by atoms with van der Waals surface area (Å²) in [6, 6.07) is 12.4. The van der Waals surface area contributed by atoms with E-state index < -0.39 is 0 Å². The molecule has 0 fully saturated rings. The third-order valence-corrected chi connectivity index (χ3v) is 4.05. The van der Waals surface area contributed by atoms with Crippen LogP contribution in [-0.4, -0.2) is 43.9 Å². The average Bonchev–Trinajstić information content (AvgIpc) is 3.22. The monoisotopic (exact) mass is 383 g/mol. The number of amides is 1. The summed E-state index contributed by atoms with van der Waals surface area (Å²) in [6.45, 7) is 0.350. The van der Waals surface area contributed by atoms with Crippen LogP contribution in [0, 0.1) is 0 Å². The largest absolute Gasteiger partial charge is 0.497 e. The molecule has 0 spiro atoms. The maximum Gasteiger partial charge on any atom is 0.251 e. The molecule has 2 aromatic carbocycles. The van der Waals surface area contributed by atoms with E-state index in [0.717, 1.165) is 11.3 Å². The first-order valence-electron chi connectivity index (χ1n) is 8.61. The summed E-state index contributed by atoms with van der Waals surface area (Å²) < 4.78 is 20.7. The van der Waals surface area contributed by atoms with Gasteiger partial charge >= 0.3 is 0 Å². The maximum absolute atomic E-state index is 12.4. The van der Waals surface area contributed by atoms with Crippen LogP contribution in [0.1, 0.15) is 16.2 Å². The van der Waals surface area contributed by atoms with Gasteiger partial charge in [-0.05, 0) is 36.4 Å². The Morgan fingerprint density at radius 3 is 2.21 bits per heavy atom. The van der Waals surface area contributed by atoms with Gasteiger partial charge in [-0.3, -0.25) is 4.79 Å². The zero-order chi connectivity index (χ0) is 19.9. The van der Waals surface area contributed by atoms with Crippen molar-refractivity contribution >= 4 is 5.91 Å². The highest BCUT2D eigenvalue weighted by molar-refractivity contribution is 5.95. The van der Waals surface area contributed by atoms with Crippen LogP contribution in [0.3, 0.4) is 0 Å². The topological polar surface area (TPSA) is 95.7 Å². The third kappa shape index (κ3) is 4.59. The van der Waals surface area contributed by atoms with E-state index in [1.54, 1.807) is 25.3 Å². The van der Waals surface area contributed by atoms with E-state index in [9.17, 15) is 4.79 Å². The maximum atomic E-state index is 12.4. The standard InChI is InChI=1S/C20H21N3O5/c1-25-15-6-4-13(5-7-15)19-22-18(28-23-19)8-9-21-20(24)14-10-16(26-2)12-17(11-14)27-3/h4-7,10-12H,8-9H2,1-3H3,(H,21,24). The van der Waals surface area contributed by atoms with E-state index in [4.69, 9.17) is 18.7 Å². The molecule has 8 heteroatoms. The molecule has 0 aliphatic heterocycles. The highest BCUT2D eigenvalue weighted by Gasteiger charge is 2.12. The van der Waals surface area contributed by atoms with Gasteiger partial charge in [0, 0.05) is 30.2 Å². The number of rotatable bonds is 8. The number of hydrogen-bond acceptors (Lipinski definition) is 7. The van der Waals surface area contributed by atoms with Gasteiger partial charge in [-0.15, -0.1) is 0 Å². The Hall–Kier alpha value is -3.55. The molecule has 0 aliphatic rings. The molecular weight excluding hydrogens is 362 g/mol. The predicted octanol–water partition coefficient (Wildman–Crippen LogP) is 2.73. The predicted molar refractivity (Wildman–Crippen MR) is 102 cm³/mol. The lowest BCUT2D eigenvalue weighted by Gasteiger charge is -2.08. The van der Waals surface area contributed by atoms with E-state index in [2.05, 4.69) is 15.5 Å². The first kappa shape index (κ1) is 19.2. The molecule has 1 heterocycles. The number of nitrogens with zero attached hydrogens (tertiary/aromatic N) is 2. The van der Waals surface area contributed by atoms with Crippen molar-refractivity contribution in [2.24, 2.45) is 0 Å². The van der Waals surface area contributed by atoms with E-state index in [-0.39, 0.29) is 5.91 Å². The molecular formula is C20H21N3O5. The first-order valence-corrected chi connectivity index (χ1v) is 8.61. The van der Waals surface area contributed by atoms with Gasteiger partial charge in [-0.1, -0.05) is 5.16 Å². The minimum Gasteiger partial charge on any atom is -0.497 e. The third-order valence-electron chi connectivity index (χ3n) is 4.05. The van der Waals surface area contributed by atoms with Gasteiger partial charge in [0.2, 0.25) is 11.7 Å². The zero-order valence-electron chi connectivity index (χ0n) is 15.9. The summed E-state index contributed by atoms with van der Waals surface area (Å²) in [5.41, 5.74) is 1.27. The second-order valence-corrected chi connectivity index (χ2v) is 5.85. The zero-order valence-corrected chi connectivity index (χ0v) is 15.9. The minimum absolute atomic E-state index is 0.243. The molecule has 28 heavy (non-hydrogen) atoms. The number of aromatic nitrogens is 2. The molecule has 0 radical (unpaired) electrons. The molecule has 0 unspecified atom stereocenters. The van der Waals surface area contributed by atoms with Crippen LogP contribution in [0.15, 0.2) is 47.0 Å². The number of carbonyl (C=O) groups excluding carboxylic acids is 1. The van der Waals surface area contributed by atoms with Crippen molar-refractivity contribution in [3.8, 4) is 28.6 Å². The Balaban J connectivity index is 1.58. The molecule has 146 valence electrons. The lowest BCUT2D eigenvalue weighted by molar-refractivity contribution is 0.0952. The first-order chi connectivity index (χ1) is 13.6. The van der Waals surface area contributed by atoms with Crippen molar-refractivity contribution in [1.29, 1.82) is 0 Å². The van der Waals surface area contributed by atoms with Crippen molar-refractivity contribution in [3.63, 3.8) is 0 Å². The molecule has 1 aromatic heterocycles. The Morgan fingerprint density at radius 2 is 1.61 bits per heavy atom. The van der Waals surface area contributed by atoms with Crippen molar-refractivity contribution in [1.82, 2.24) is 15.5 Å². The van der Waals surface area contributed by atoms with E-state index in [1.807, 2.05) is 24.3 Å². The van der Waals surface area contributed by atoms with Gasteiger partial charge in [0.15, 0.2) is 0 Å². The van der Waals surface area contributed by atoms with Crippen molar-refractivity contribution in [3.05, 3.63) is 53.9 Å². The van der Waals surface area contributed by atoms with E-state index >= 15 is 0 Å². The fourth-order valence-electron chi connectivity index (χ4n) is 2.54. The van der Waals surface area contributed by atoms with Crippen molar-refractivity contribution in [2.45, 2.75) is 6.42 Å². The van der Waals surface area contributed by atoms with Gasteiger partial charge in [-0.2, -0.15) is 4.98 Å². The Labute approximate surface area is 162 Å². The van der Waals surface area contributed by atoms with Crippen LogP contribution < -0.4 is 19.5 Å². The van der Waals surface area contributed by atoms with Gasteiger partial charge in [0.05, 0.1) is 21.3 Å². The number of ether oxygens (including phenoxy) is 3. The molecule has 1 N–H and O–H groups in total. The lowest BCUT2D eigenvalue weighted by Crippen LogP contribution is -2.25. The fourth-order valence-corrected chi connectivity index (χ4v) is 2.54. The molecule has 0 aliphatic carbocycles. The van der Waals surface area contributed by atoms with Crippen LogP contribution in [-0.2, 0) is 6.42 Å². The molecule has 8 nitrogen and oxygen atoms in total. The molecule has 3 aromatic rings. The van der Waals surface area contributed by atoms with Crippen LogP contribution in [0.25, 0.3) is 11.4 Å². The van der Waals surface area contributed by atoms with Gasteiger partial charge < -0.3 is 24.1 Å². The average molecular weight is 383 g/mol. The molecule has 3 rings (SSSR count). The summed E-state index contributed by atoms with van der Waals surface area (Å²) in [5.74, 6) is 2.53. The SMILES string of the molecule is COc1ccc(-c2noc(CCNC(=O)c3cc(OC)cc(OC)c3)n2)cc1. The summed E-state index contributed by atoms with van der Waals surface area (Å²) in [4.78, 5) is 16.7. The van der Waals surface area contributed by atoms with E-state index in [0.29, 0.717) is 41.7 Å². The Morgan fingerprint density at radius 1 is 0.964 bits per heavy atom. The van der Waals surface area contributed by atoms with Gasteiger partial charge in [0.25, 0.3) is 5.91 Å². The summed E-state index contributed by atoms with van der Waals surface area (Å²) in [6.07, 6.45) is 0.413. The van der Waals surface area contributed by atoms with Gasteiger partial charge in [0.1, 0.15) is 17.2 Å². The summed E-state index contributed by atoms with van der Waals surface area (Å²) in [5, 5.41) is 6.79. The number of benzene rings is 2. The lowest BCUT2D eigenvalue weighted by atomic mass is 10.2. The van der Waals surface area contributed by atoms with Gasteiger partial charge in [-0.25, -0.2) is 0 Å². The normalized spacial score (nSPS) is 10.4. The molecule has 0 bridgehead atoms. The van der Waals surface area contributed by atoms with Crippen LogP contribution in [0.5, 0.6) is 17.2 Å². The van der Waals surface area contributed by atoms with Crippen molar-refractivity contribution < 1.29 is 23.5 Å². The van der Waals surface area contributed by atoms with Crippen molar-refractivity contribution in [2.75, 3.05) is 27.9 Å². The number of methoxy groups -OCH3 is 3. The second kappa shape index (κ2) is 8.90. The Kier molecular flexibility index (Phi) is 6.11. The van der Waals surface area contributed by atoms with Crippen LogP contribution >= 0.6 is 0 Å². The highest BCUT2D eigenvalue weighted by Crippen LogP contribution is 2.22. The van der Waals surface area contributed by atoms with Crippen LogP contribution in [0.2, 0.25) is 0 Å². The smallest absolute Gasteiger partial charge is 0.251 e. The Bertz CT molecular complexity index is 915. The summed E-state index contributed by atoms with van der Waals surface area (Å²) >= 11 is 0.